The molecule has 1 heterocycles. The number of halogens is 1. The fourth-order valence-electron chi connectivity index (χ4n) is 2.31. The van der Waals surface area contributed by atoms with E-state index in [0.717, 1.165) is 12.3 Å². The molecule has 2 rings (SSSR count). The molecule has 1 saturated carbocycles. The largest absolute Gasteiger partial charge is 0.325 e. The molecular formula is C12H18BrNS. The lowest BCUT2D eigenvalue weighted by atomic mass is 9.76. The van der Waals surface area contributed by atoms with Gasteiger partial charge in [0.25, 0.3) is 0 Å². The van der Waals surface area contributed by atoms with Gasteiger partial charge in [0.05, 0.1) is 3.79 Å². The molecule has 0 aromatic carbocycles. The first kappa shape index (κ1) is 11.6. The van der Waals surface area contributed by atoms with Crippen molar-refractivity contribution in [1.29, 1.82) is 0 Å². The molecule has 0 unspecified atom stereocenters. The highest BCUT2D eigenvalue weighted by atomic mass is 79.9. The minimum Gasteiger partial charge on any atom is -0.325 e. The van der Waals surface area contributed by atoms with Crippen molar-refractivity contribution in [1.82, 2.24) is 0 Å². The molecule has 1 nitrogen and oxygen atoms in total. The maximum atomic E-state index is 6.45. The quantitative estimate of drug-likeness (QED) is 0.875. The molecule has 0 atom stereocenters. The Morgan fingerprint density at radius 2 is 2.13 bits per heavy atom. The Morgan fingerprint density at radius 3 is 2.67 bits per heavy atom. The average molecular weight is 288 g/mol. The molecule has 0 aliphatic heterocycles. The Balaban J connectivity index is 1.99. The van der Waals surface area contributed by atoms with E-state index in [9.17, 15) is 0 Å². The monoisotopic (exact) mass is 287 g/mol. The highest BCUT2D eigenvalue weighted by Gasteiger charge is 2.30. The van der Waals surface area contributed by atoms with Gasteiger partial charge in [0.1, 0.15) is 0 Å². The van der Waals surface area contributed by atoms with E-state index in [2.05, 4.69) is 35.0 Å². The summed E-state index contributed by atoms with van der Waals surface area (Å²) < 4.78 is 1.21. The van der Waals surface area contributed by atoms with Crippen molar-refractivity contribution >= 4 is 27.3 Å². The lowest BCUT2D eigenvalue weighted by molar-refractivity contribution is 0.245. The molecule has 15 heavy (non-hydrogen) atoms. The van der Waals surface area contributed by atoms with Gasteiger partial charge in [-0.2, -0.15) is 0 Å². The van der Waals surface area contributed by atoms with Crippen LogP contribution in [0.15, 0.2) is 15.9 Å². The van der Waals surface area contributed by atoms with E-state index in [-0.39, 0.29) is 5.54 Å². The molecule has 1 aliphatic carbocycles. The summed E-state index contributed by atoms with van der Waals surface area (Å²) in [6, 6.07) is 4.32. The average Bonchev–Trinajstić information content (AvgIpc) is 2.57. The summed E-state index contributed by atoms with van der Waals surface area (Å²) in [6.07, 6.45) is 6.01. The zero-order valence-electron chi connectivity index (χ0n) is 9.13. The Kier molecular flexibility index (Phi) is 3.53. The fourth-order valence-corrected chi connectivity index (χ4v) is 3.95. The third-order valence-corrected chi connectivity index (χ3v) is 5.05. The van der Waals surface area contributed by atoms with Crippen molar-refractivity contribution in [3.8, 4) is 0 Å². The predicted octanol–water partition coefficient (Wildman–Crippen LogP) is 3.96. The molecule has 1 aromatic rings. The van der Waals surface area contributed by atoms with E-state index in [1.54, 1.807) is 0 Å². The van der Waals surface area contributed by atoms with Crippen molar-refractivity contribution in [3.05, 3.63) is 20.8 Å². The molecule has 2 N–H and O–H groups in total. The number of hydrogen-bond donors (Lipinski definition) is 1. The minimum absolute atomic E-state index is 0.0663. The van der Waals surface area contributed by atoms with Gasteiger partial charge in [0.2, 0.25) is 0 Å². The van der Waals surface area contributed by atoms with Crippen LogP contribution in [-0.4, -0.2) is 5.54 Å². The van der Waals surface area contributed by atoms with Crippen LogP contribution in [0.1, 0.15) is 37.5 Å². The van der Waals surface area contributed by atoms with Gasteiger partial charge in [-0.25, -0.2) is 0 Å². The van der Waals surface area contributed by atoms with Crippen LogP contribution in [0.3, 0.4) is 0 Å². The van der Waals surface area contributed by atoms with Gasteiger partial charge in [-0.05, 0) is 66.1 Å². The minimum atomic E-state index is 0.0663. The van der Waals surface area contributed by atoms with Gasteiger partial charge in [-0.1, -0.05) is 6.92 Å². The van der Waals surface area contributed by atoms with Gasteiger partial charge in [0.15, 0.2) is 0 Å². The van der Waals surface area contributed by atoms with Gasteiger partial charge in [0, 0.05) is 10.4 Å². The zero-order chi connectivity index (χ0) is 10.9. The van der Waals surface area contributed by atoms with Crippen LogP contribution in [-0.2, 0) is 6.42 Å². The summed E-state index contributed by atoms with van der Waals surface area (Å²) in [7, 11) is 0. The first-order valence-electron chi connectivity index (χ1n) is 5.60. The fraction of sp³-hybridized carbons (Fsp3) is 0.667. The van der Waals surface area contributed by atoms with Crippen molar-refractivity contribution in [2.45, 2.75) is 44.6 Å². The molecule has 3 heteroatoms. The predicted molar refractivity (Wildman–Crippen MR) is 70.3 cm³/mol. The summed E-state index contributed by atoms with van der Waals surface area (Å²) in [4.78, 5) is 1.42. The summed E-state index contributed by atoms with van der Waals surface area (Å²) in [5.74, 6) is 0.872. The second-order valence-electron chi connectivity index (χ2n) is 4.93. The van der Waals surface area contributed by atoms with Crippen LogP contribution in [0.25, 0.3) is 0 Å². The molecule has 1 aromatic heterocycles. The van der Waals surface area contributed by atoms with Crippen LogP contribution in [0, 0.1) is 5.92 Å². The maximum absolute atomic E-state index is 6.45. The number of nitrogens with two attached hydrogens (primary N) is 1. The Labute approximate surface area is 104 Å². The normalized spacial score (nSPS) is 31.8. The van der Waals surface area contributed by atoms with Crippen LogP contribution in [0.2, 0.25) is 0 Å². The van der Waals surface area contributed by atoms with Gasteiger partial charge in [-0.3, -0.25) is 0 Å². The SMILES string of the molecule is CC1CCC(N)(Cc2ccc(Br)s2)CC1. The highest BCUT2D eigenvalue weighted by Crippen LogP contribution is 2.34. The van der Waals surface area contributed by atoms with Gasteiger partial charge in [-0.15, -0.1) is 11.3 Å². The first-order valence-corrected chi connectivity index (χ1v) is 7.21. The summed E-state index contributed by atoms with van der Waals surface area (Å²) >= 11 is 5.32. The Hall–Kier alpha value is 0.140. The topological polar surface area (TPSA) is 26.0 Å². The second kappa shape index (κ2) is 4.56. The van der Waals surface area contributed by atoms with Crippen LogP contribution < -0.4 is 5.73 Å². The van der Waals surface area contributed by atoms with Crippen LogP contribution in [0.4, 0.5) is 0 Å². The molecule has 1 aliphatic rings. The van der Waals surface area contributed by atoms with Crippen molar-refractivity contribution < 1.29 is 0 Å². The molecule has 0 radical (unpaired) electrons. The number of hydrogen-bond acceptors (Lipinski definition) is 2. The van der Waals surface area contributed by atoms with E-state index in [1.165, 1.54) is 34.3 Å². The van der Waals surface area contributed by atoms with E-state index >= 15 is 0 Å². The second-order valence-corrected chi connectivity index (χ2v) is 7.48. The first-order chi connectivity index (χ1) is 7.07. The van der Waals surface area contributed by atoms with Crippen molar-refractivity contribution in [2.24, 2.45) is 11.7 Å². The summed E-state index contributed by atoms with van der Waals surface area (Å²) in [6.45, 7) is 2.33. The molecule has 1 fully saturated rings. The van der Waals surface area contributed by atoms with Crippen LogP contribution >= 0.6 is 27.3 Å². The molecule has 0 amide bonds. The van der Waals surface area contributed by atoms with E-state index in [0.29, 0.717) is 0 Å². The van der Waals surface area contributed by atoms with Gasteiger partial charge >= 0.3 is 0 Å². The zero-order valence-corrected chi connectivity index (χ0v) is 11.5. The standard InChI is InChI=1S/C12H18BrNS/c1-9-4-6-12(14,7-5-9)8-10-2-3-11(13)15-10/h2-3,9H,4-8,14H2,1H3. The molecule has 0 spiro atoms. The van der Waals surface area contributed by atoms with Crippen molar-refractivity contribution in [3.63, 3.8) is 0 Å². The summed E-state index contributed by atoms with van der Waals surface area (Å²) in [5, 5.41) is 0. The molecule has 84 valence electrons. The highest BCUT2D eigenvalue weighted by molar-refractivity contribution is 9.11. The lowest BCUT2D eigenvalue weighted by Gasteiger charge is -2.35. The summed E-state index contributed by atoms with van der Waals surface area (Å²) in [5.41, 5.74) is 6.52. The lowest BCUT2D eigenvalue weighted by Crippen LogP contribution is -2.44. The number of thiophene rings is 1. The van der Waals surface area contributed by atoms with Crippen molar-refractivity contribution in [2.75, 3.05) is 0 Å². The smallest absolute Gasteiger partial charge is 0.0701 e. The van der Waals surface area contributed by atoms with E-state index < -0.39 is 0 Å². The van der Waals surface area contributed by atoms with E-state index in [4.69, 9.17) is 5.73 Å². The Bertz CT molecular complexity index is 326. The Morgan fingerprint density at radius 1 is 1.47 bits per heavy atom. The third kappa shape index (κ3) is 3.05. The van der Waals surface area contributed by atoms with Gasteiger partial charge < -0.3 is 5.73 Å². The number of rotatable bonds is 2. The van der Waals surface area contributed by atoms with Crippen LogP contribution in [0.5, 0.6) is 0 Å². The third-order valence-electron chi connectivity index (χ3n) is 3.43. The van der Waals surface area contributed by atoms with E-state index in [1.807, 2.05) is 11.3 Å². The molecular weight excluding hydrogens is 270 g/mol. The maximum Gasteiger partial charge on any atom is 0.0701 e. The molecule has 0 saturated heterocycles. The molecule has 0 bridgehead atoms.